The number of rotatable bonds is 7. The Morgan fingerprint density at radius 1 is 1.17 bits per heavy atom. The Labute approximate surface area is 140 Å². The van der Waals surface area contributed by atoms with Crippen LogP contribution in [0.5, 0.6) is 5.75 Å². The molecule has 0 unspecified atom stereocenters. The first-order chi connectivity index (χ1) is 11.4. The summed E-state index contributed by atoms with van der Waals surface area (Å²) in [6, 6.07) is 11.2. The van der Waals surface area contributed by atoms with E-state index in [-0.39, 0.29) is 18.0 Å². The zero-order chi connectivity index (χ0) is 17.6. The lowest BCUT2D eigenvalue weighted by Gasteiger charge is -2.17. The van der Waals surface area contributed by atoms with Crippen molar-refractivity contribution in [2.45, 2.75) is 11.4 Å². The second kappa shape index (κ2) is 7.89. The average Bonchev–Trinajstić information content (AvgIpc) is 2.60. The maximum absolute atomic E-state index is 12.5. The van der Waals surface area contributed by atoms with Crippen molar-refractivity contribution in [3.63, 3.8) is 0 Å². The number of hydrogen-bond acceptors (Lipinski definition) is 6. The summed E-state index contributed by atoms with van der Waals surface area (Å²) < 4.78 is 36.0. The van der Waals surface area contributed by atoms with Crippen molar-refractivity contribution in [3.8, 4) is 5.75 Å². The highest BCUT2D eigenvalue weighted by molar-refractivity contribution is 7.89. The number of carbonyl (C=O) groups excluding carboxylic acids is 1. The molecule has 2 aromatic rings. The quantitative estimate of drug-likeness (QED) is 0.703. The van der Waals surface area contributed by atoms with Gasteiger partial charge in [-0.25, -0.2) is 13.2 Å². The molecule has 0 aliphatic heterocycles. The Kier molecular flexibility index (Phi) is 5.88. The van der Waals surface area contributed by atoms with Gasteiger partial charge in [0.2, 0.25) is 10.0 Å². The molecular weight excluding hydrogens is 332 g/mol. The van der Waals surface area contributed by atoms with Crippen LogP contribution >= 0.6 is 0 Å². The van der Waals surface area contributed by atoms with Gasteiger partial charge in [-0.3, -0.25) is 4.98 Å². The van der Waals surface area contributed by atoms with Crippen LogP contribution in [0.3, 0.4) is 0 Å². The van der Waals surface area contributed by atoms with Gasteiger partial charge in [0.05, 0.1) is 24.2 Å². The smallest absolute Gasteiger partial charge is 0.343 e. The van der Waals surface area contributed by atoms with Crippen LogP contribution in [0.1, 0.15) is 5.69 Å². The molecule has 0 N–H and O–H groups in total. The molecule has 1 heterocycles. The van der Waals surface area contributed by atoms with Crippen LogP contribution in [0, 0.1) is 0 Å². The van der Waals surface area contributed by atoms with Crippen LogP contribution in [0.4, 0.5) is 0 Å². The fourth-order valence-electron chi connectivity index (χ4n) is 1.89. The summed E-state index contributed by atoms with van der Waals surface area (Å²) in [5.41, 5.74) is 0.654. The van der Waals surface area contributed by atoms with Crippen molar-refractivity contribution in [1.82, 2.24) is 9.29 Å². The van der Waals surface area contributed by atoms with Gasteiger partial charge in [0.25, 0.3) is 0 Å². The molecule has 0 aliphatic rings. The van der Waals surface area contributed by atoms with Gasteiger partial charge in [0, 0.05) is 13.2 Å². The van der Waals surface area contributed by atoms with Gasteiger partial charge in [-0.1, -0.05) is 6.07 Å². The molecule has 8 heteroatoms. The molecular formula is C16H18N2O5S. The maximum atomic E-state index is 12.5. The summed E-state index contributed by atoms with van der Waals surface area (Å²) in [7, 11) is -0.889. The Bertz CT molecular complexity index is 776. The summed E-state index contributed by atoms with van der Waals surface area (Å²) >= 11 is 0. The van der Waals surface area contributed by atoms with Gasteiger partial charge in [-0.2, -0.15) is 4.31 Å². The third kappa shape index (κ3) is 4.53. The van der Waals surface area contributed by atoms with E-state index in [1.807, 2.05) is 0 Å². The van der Waals surface area contributed by atoms with Crippen molar-refractivity contribution >= 4 is 16.0 Å². The molecule has 1 aromatic carbocycles. The maximum Gasteiger partial charge on any atom is 0.343 e. The molecule has 0 aliphatic carbocycles. The predicted octanol–water partition coefficient (Wildman–Crippen LogP) is 1.45. The van der Waals surface area contributed by atoms with Crippen molar-refractivity contribution in [3.05, 3.63) is 54.4 Å². The van der Waals surface area contributed by atoms with E-state index in [4.69, 9.17) is 4.74 Å². The predicted molar refractivity (Wildman–Crippen MR) is 86.8 cm³/mol. The molecule has 128 valence electrons. The molecule has 0 spiro atoms. The van der Waals surface area contributed by atoms with Crippen molar-refractivity contribution in [1.29, 1.82) is 0 Å². The normalized spacial score (nSPS) is 11.3. The lowest BCUT2D eigenvalue weighted by Crippen LogP contribution is -2.26. The summed E-state index contributed by atoms with van der Waals surface area (Å²) in [4.78, 5) is 15.3. The van der Waals surface area contributed by atoms with Crippen LogP contribution in [0.2, 0.25) is 0 Å². The van der Waals surface area contributed by atoms with Crippen LogP contribution in [-0.2, 0) is 26.1 Å². The molecule has 2 rings (SSSR count). The number of carbonyl (C=O) groups is 1. The minimum Gasteiger partial charge on any atom is -0.482 e. The summed E-state index contributed by atoms with van der Waals surface area (Å²) in [6.45, 7) is -0.0636. The Morgan fingerprint density at radius 3 is 2.46 bits per heavy atom. The van der Waals surface area contributed by atoms with Gasteiger partial charge >= 0.3 is 5.97 Å². The number of ether oxygens (including phenoxy) is 2. The minimum absolute atomic E-state index is 0.131. The van der Waals surface area contributed by atoms with Crippen molar-refractivity contribution in [2.24, 2.45) is 0 Å². The van der Waals surface area contributed by atoms with E-state index in [9.17, 15) is 13.2 Å². The molecule has 0 fully saturated rings. The van der Waals surface area contributed by atoms with Crippen LogP contribution in [0.25, 0.3) is 0 Å². The number of esters is 1. The van der Waals surface area contributed by atoms with E-state index in [1.165, 1.54) is 42.7 Å². The molecule has 1 aromatic heterocycles. The molecule has 0 saturated heterocycles. The van der Waals surface area contributed by atoms with E-state index in [0.717, 1.165) is 0 Å². The average molecular weight is 350 g/mol. The number of methoxy groups -OCH3 is 1. The number of nitrogens with zero attached hydrogens (tertiary/aromatic N) is 2. The third-order valence-corrected chi connectivity index (χ3v) is 5.04. The Hall–Kier alpha value is -2.45. The first kappa shape index (κ1) is 17.9. The van der Waals surface area contributed by atoms with Gasteiger partial charge in [-0.15, -0.1) is 0 Å². The fourth-order valence-corrected chi connectivity index (χ4v) is 3.04. The van der Waals surface area contributed by atoms with Crippen molar-refractivity contribution < 1.29 is 22.7 Å². The lowest BCUT2D eigenvalue weighted by molar-refractivity contribution is -0.142. The highest BCUT2D eigenvalue weighted by Gasteiger charge is 2.21. The van der Waals surface area contributed by atoms with E-state index >= 15 is 0 Å². The molecule has 24 heavy (non-hydrogen) atoms. The molecule has 0 radical (unpaired) electrons. The summed E-state index contributed by atoms with van der Waals surface area (Å²) in [6.07, 6.45) is 1.61. The topological polar surface area (TPSA) is 85.8 Å². The van der Waals surface area contributed by atoms with Crippen LogP contribution < -0.4 is 4.74 Å². The zero-order valence-corrected chi connectivity index (χ0v) is 14.2. The molecule has 7 nitrogen and oxygen atoms in total. The monoisotopic (exact) mass is 350 g/mol. The highest BCUT2D eigenvalue weighted by atomic mass is 32.2. The third-order valence-electron chi connectivity index (χ3n) is 3.23. The first-order valence-corrected chi connectivity index (χ1v) is 8.53. The van der Waals surface area contributed by atoms with Crippen LogP contribution in [-0.4, -0.2) is 44.4 Å². The van der Waals surface area contributed by atoms with E-state index in [1.54, 1.807) is 24.4 Å². The number of aromatic nitrogens is 1. The second-order valence-electron chi connectivity index (χ2n) is 4.92. The standard InChI is InChI=1S/C16H18N2O5S/c1-18(11-13-5-3-4-10-17-13)24(20,21)15-8-6-14(7-9-15)23-12-16(19)22-2/h3-10H,11-12H2,1-2H3. The Balaban J connectivity index is 2.07. The molecule has 0 atom stereocenters. The summed E-state index contributed by atoms with van der Waals surface area (Å²) in [5.74, 6) is -0.131. The molecule has 0 amide bonds. The fraction of sp³-hybridized carbons (Fsp3) is 0.250. The van der Waals surface area contributed by atoms with Gasteiger partial charge in [0.15, 0.2) is 6.61 Å². The van der Waals surface area contributed by atoms with E-state index in [2.05, 4.69) is 9.72 Å². The van der Waals surface area contributed by atoms with Crippen LogP contribution in [0.15, 0.2) is 53.6 Å². The number of benzene rings is 1. The summed E-state index contributed by atoms with van der Waals surface area (Å²) in [5, 5.41) is 0. The van der Waals surface area contributed by atoms with E-state index in [0.29, 0.717) is 11.4 Å². The highest BCUT2D eigenvalue weighted by Crippen LogP contribution is 2.20. The SMILES string of the molecule is COC(=O)COc1ccc(S(=O)(=O)N(C)Cc2ccccn2)cc1. The number of hydrogen-bond donors (Lipinski definition) is 0. The number of sulfonamides is 1. The second-order valence-corrected chi connectivity index (χ2v) is 6.96. The molecule has 0 saturated carbocycles. The molecule has 0 bridgehead atoms. The minimum atomic E-state index is -3.64. The first-order valence-electron chi connectivity index (χ1n) is 7.09. The van der Waals surface area contributed by atoms with Gasteiger partial charge in [-0.05, 0) is 36.4 Å². The lowest BCUT2D eigenvalue weighted by atomic mass is 10.3. The van der Waals surface area contributed by atoms with Gasteiger partial charge < -0.3 is 9.47 Å². The van der Waals surface area contributed by atoms with Gasteiger partial charge in [0.1, 0.15) is 5.75 Å². The number of pyridine rings is 1. The Morgan fingerprint density at radius 2 is 1.88 bits per heavy atom. The zero-order valence-electron chi connectivity index (χ0n) is 13.4. The van der Waals surface area contributed by atoms with Crippen molar-refractivity contribution in [2.75, 3.05) is 20.8 Å². The van der Waals surface area contributed by atoms with E-state index < -0.39 is 16.0 Å². The largest absolute Gasteiger partial charge is 0.482 e.